The molecule has 1 atom stereocenters. The second-order valence-corrected chi connectivity index (χ2v) is 6.31. The van der Waals surface area contributed by atoms with E-state index < -0.39 is 0 Å². The van der Waals surface area contributed by atoms with E-state index in [1.165, 1.54) is 12.8 Å². The van der Waals surface area contributed by atoms with Gasteiger partial charge >= 0.3 is 0 Å². The van der Waals surface area contributed by atoms with Gasteiger partial charge in [0, 0.05) is 24.4 Å². The zero-order valence-electron chi connectivity index (χ0n) is 15.3. The molecule has 1 amide bonds. The zero-order chi connectivity index (χ0) is 17.1. The van der Waals surface area contributed by atoms with Gasteiger partial charge in [-0.3, -0.25) is 9.69 Å². The van der Waals surface area contributed by atoms with Gasteiger partial charge in [-0.15, -0.1) is 0 Å². The van der Waals surface area contributed by atoms with Crippen LogP contribution in [0.2, 0.25) is 0 Å². The molecule has 1 aromatic heterocycles. The fraction of sp³-hybridized carbons (Fsp3) is 0.737. The summed E-state index contributed by atoms with van der Waals surface area (Å²) >= 11 is 0. The Kier molecular flexibility index (Phi) is 9.49. The van der Waals surface area contributed by atoms with Crippen LogP contribution in [-0.2, 0) is 11.2 Å². The lowest BCUT2D eigenvalue weighted by molar-refractivity contribution is -0.119. The third-order valence-corrected chi connectivity index (χ3v) is 4.10. The van der Waals surface area contributed by atoms with E-state index in [9.17, 15) is 4.79 Å². The molecule has 0 aromatic carbocycles. The van der Waals surface area contributed by atoms with Gasteiger partial charge in [-0.2, -0.15) is 0 Å². The van der Waals surface area contributed by atoms with Crippen molar-refractivity contribution in [2.45, 2.75) is 91.5 Å². The number of amides is 1. The van der Waals surface area contributed by atoms with E-state index in [1.807, 2.05) is 17.9 Å². The summed E-state index contributed by atoms with van der Waals surface area (Å²) in [7, 11) is 0. The third kappa shape index (κ3) is 6.67. The van der Waals surface area contributed by atoms with Crippen LogP contribution in [0.5, 0.6) is 0 Å². The van der Waals surface area contributed by atoms with Crippen LogP contribution in [-0.4, -0.2) is 21.9 Å². The topological polar surface area (TPSA) is 46.1 Å². The van der Waals surface area contributed by atoms with Crippen molar-refractivity contribution in [1.82, 2.24) is 9.97 Å². The molecule has 130 valence electrons. The highest BCUT2D eigenvalue weighted by molar-refractivity contribution is 5.92. The second kappa shape index (κ2) is 11.1. The SMILES string of the molecule is CCCCCC(C)N(C(=O)CCC)c1nccc(CCCC)n1. The average Bonchev–Trinajstić information content (AvgIpc) is 2.54. The van der Waals surface area contributed by atoms with E-state index in [0.717, 1.165) is 44.2 Å². The Morgan fingerprint density at radius 3 is 2.52 bits per heavy atom. The summed E-state index contributed by atoms with van der Waals surface area (Å²) in [6.45, 7) is 8.53. The molecular weight excluding hydrogens is 286 g/mol. The summed E-state index contributed by atoms with van der Waals surface area (Å²) in [5, 5.41) is 0. The predicted molar refractivity (Wildman–Crippen MR) is 96.6 cm³/mol. The predicted octanol–water partition coefficient (Wildman–Crippen LogP) is 4.92. The Labute approximate surface area is 141 Å². The lowest BCUT2D eigenvalue weighted by Crippen LogP contribution is -2.40. The molecule has 23 heavy (non-hydrogen) atoms. The quantitative estimate of drug-likeness (QED) is 0.544. The van der Waals surface area contributed by atoms with Crippen LogP contribution in [0, 0.1) is 0 Å². The Balaban J connectivity index is 2.91. The Bertz CT molecular complexity index is 462. The summed E-state index contributed by atoms with van der Waals surface area (Å²) < 4.78 is 0. The smallest absolute Gasteiger partial charge is 0.232 e. The molecule has 0 saturated carbocycles. The Morgan fingerprint density at radius 2 is 1.87 bits per heavy atom. The standard InChI is InChI=1S/C19H33N3O/c1-5-8-10-12-16(4)22(18(23)11-7-3)19-20-15-14-17(21-19)13-9-6-2/h14-16H,5-13H2,1-4H3. The highest BCUT2D eigenvalue weighted by atomic mass is 16.2. The molecule has 0 radical (unpaired) electrons. The number of carbonyl (C=O) groups excluding carboxylic acids is 1. The van der Waals surface area contributed by atoms with Crippen molar-refractivity contribution in [1.29, 1.82) is 0 Å². The average molecular weight is 319 g/mol. The molecular formula is C19H33N3O. The summed E-state index contributed by atoms with van der Waals surface area (Å²) in [5.41, 5.74) is 1.03. The van der Waals surface area contributed by atoms with Crippen molar-refractivity contribution >= 4 is 11.9 Å². The first-order valence-electron chi connectivity index (χ1n) is 9.27. The molecule has 0 aliphatic carbocycles. The lowest BCUT2D eigenvalue weighted by Gasteiger charge is -2.27. The van der Waals surface area contributed by atoms with Crippen LogP contribution in [0.3, 0.4) is 0 Å². The third-order valence-electron chi connectivity index (χ3n) is 4.10. The molecule has 0 bridgehead atoms. The van der Waals surface area contributed by atoms with Crippen LogP contribution in [0.15, 0.2) is 12.3 Å². The van der Waals surface area contributed by atoms with Crippen LogP contribution < -0.4 is 4.90 Å². The minimum absolute atomic E-state index is 0.143. The molecule has 4 heteroatoms. The molecule has 0 aliphatic rings. The normalized spacial score (nSPS) is 12.2. The number of aryl methyl sites for hydroxylation is 1. The highest BCUT2D eigenvalue weighted by Crippen LogP contribution is 2.18. The van der Waals surface area contributed by atoms with Crippen LogP contribution >= 0.6 is 0 Å². The molecule has 1 rings (SSSR count). The number of anilines is 1. The number of rotatable bonds is 11. The number of aromatic nitrogens is 2. The highest BCUT2D eigenvalue weighted by Gasteiger charge is 2.23. The van der Waals surface area contributed by atoms with Gasteiger partial charge < -0.3 is 0 Å². The molecule has 0 N–H and O–H groups in total. The molecule has 0 aliphatic heterocycles. The van der Waals surface area contributed by atoms with Gasteiger partial charge in [-0.1, -0.05) is 46.5 Å². The summed E-state index contributed by atoms with van der Waals surface area (Å²) in [6.07, 6.45) is 11.0. The minimum atomic E-state index is 0.143. The Morgan fingerprint density at radius 1 is 1.13 bits per heavy atom. The first-order valence-corrected chi connectivity index (χ1v) is 9.27. The van der Waals surface area contributed by atoms with Crippen molar-refractivity contribution in [3.8, 4) is 0 Å². The van der Waals surface area contributed by atoms with Gasteiger partial charge in [0.05, 0.1) is 0 Å². The zero-order valence-corrected chi connectivity index (χ0v) is 15.3. The van der Waals surface area contributed by atoms with E-state index in [0.29, 0.717) is 12.4 Å². The van der Waals surface area contributed by atoms with Crippen LogP contribution in [0.25, 0.3) is 0 Å². The molecule has 0 fully saturated rings. The maximum atomic E-state index is 12.6. The van der Waals surface area contributed by atoms with Gasteiger partial charge in [-0.05, 0) is 38.7 Å². The molecule has 4 nitrogen and oxygen atoms in total. The van der Waals surface area contributed by atoms with Crippen molar-refractivity contribution in [3.05, 3.63) is 18.0 Å². The van der Waals surface area contributed by atoms with Crippen molar-refractivity contribution < 1.29 is 4.79 Å². The Hall–Kier alpha value is -1.45. The number of nitrogens with zero attached hydrogens (tertiary/aromatic N) is 3. The van der Waals surface area contributed by atoms with Gasteiger partial charge in [-0.25, -0.2) is 9.97 Å². The van der Waals surface area contributed by atoms with E-state index in [2.05, 4.69) is 30.7 Å². The number of carbonyl (C=O) groups is 1. The van der Waals surface area contributed by atoms with E-state index in [4.69, 9.17) is 0 Å². The number of unbranched alkanes of at least 4 members (excludes halogenated alkanes) is 3. The fourth-order valence-electron chi connectivity index (χ4n) is 2.71. The molecule has 1 aromatic rings. The minimum Gasteiger partial charge on any atom is -0.278 e. The van der Waals surface area contributed by atoms with Gasteiger partial charge in [0.15, 0.2) is 0 Å². The van der Waals surface area contributed by atoms with Crippen molar-refractivity contribution in [3.63, 3.8) is 0 Å². The van der Waals surface area contributed by atoms with E-state index >= 15 is 0 Å². The van der Waals surface area contributed by atoms with Crippen LogP contribution in [0.4, 0.5) is 5.95 Å². The molecule has 1 unspecified atom stereocenters. The fourth-order valence-corrected chi connectivity index (χ4v) is 2.71. The van der Waals surface area contributed by atoms with Gasteiger partial charge in [0.1, 0.15) is 0 Å². The number of hydrogen-bond acceptors (Lipinski definition) is 3. The van der Waals surface area contributed by atoms with Gasteiger partial charge in [0.25, 0.3) is 0 Å². The van der Waals surface area contributed by atoms with E-state index in [-0.39, 0.29) is 11.9 Å². The second-order valence-electron chi connectivity index (χ2n) is 6.31. The number of hydrogen-bond donors (Lipinski definition) is 0. The van der Waals surface area contributed by atoms with Crippen LogP contribution in [0.1, 0.15) is 84.8 Å². The monoisotopic (exact) mass is 319 g/mol. The first kappa shape index (κ1) is 19.6. The van der Waals surface area contributed by atoms with Crippen molar-refractivity contribution in [2.24, 2.45) is 0 Å². The van der Waals surface area contributed by atoms with Crippen molar-refractivity contribution in [2.75, 3.05) is 4.90 Å². The summed E-state index contributed by atoms with van der Waals surface area (Å²) in [4.78, 5) is 23.5. The van der Waals surface area contributed by atoms with E-state index in [1.54, 1.807) is 6.20 Å². The first-order chi connectivity index (χ1) is 11.1. The lowest BCUT2D eigenvalue weighted by atomic mass is 10.1. The molecule has 0 saturated heterocycles. The van der Waals surface area contributed by atoms with Gasteiger partial charge in [0.2, 0.25) is 11.9 Å². The maximum absolute atomic E-state index is 12.6. The molecule has 1 heterocycles. The molecule has 0 spiro atoms. The maximum Gasteiger partial charge on any atom is 0.232 e. The summed E-state index contributed by atoms with van der Waals surface area (Å²) in [5.74, 6) is 0.727. The summed E-state index contributed by atoms with van der Waals surface area (Å²) in [6, 6.07) is 2.12. The largest absolute Gasteiger partial charge is 0.278 e.